The second kappa shape index (κ2) is 14.1. The van der Waals surface area contributed by atoms with Gasteiger partial charge in [0.25, 0.3) is 10.0 Å². The van der Waals surface area contributed by atoms with Gasteiger partial charge in [-0.25, -0.2) is 9.78 Å². The number of nitrogens with one attached hydrogen (secondary N) is 1. The number of sulfonamides is 1. The molecular weight excluding hydrogens is 512 g/mol. The maximum absolute atomic E-state index is 13.0. The van der Waals surface area contributed by atoms with Gasteiger partial charge in [-0.2, -0.15) is 8.42 Å². The maximum atomic E-state index is 13.0. The summed E-state index contributed by atoms with van der Waals surface area (Å²) in [6.45, 7) is 0. The van der Waals surface area contributed by atoms with Crippen molar-refractivity contribution in [3.8, 4) is 5.75 Å². The highest BCUT2D eigenvalue weighted by Gasteiger charge is 2.25. The molecule has 1 heterocycles. The first-order valence-electron chi connectivity index (χ1n) is 14.8. The molecule has 1 aromatic carbocycles. The third-order valence-electron chi connectivity index (χ3n) is 8.77. The molecule has 0 spiro atoms. The molecule has 2 fully saturated rings. The minimum absolute atomic E-state index is 0.0127. The fraction of sp³-hybridized carbons (Fsp3) is 0.613. The third-order valence-corrected chi connectivity index (χ3v) is 10.1. The largest absolute Gasteiger partial charge is 0.495 e. The van der Waals surface area contributed by atoms with Gasteiger partial charge in [-0.15, -0.1) is 0 Å². The fourth-order valence-electron chi connectivity index (χ4n) is 6.55. The predicted octanol–water partition coefficient (Wildman–Crippen LogP) is 7.78. The normalized spacial score (nSPS) is 22.3. The highest BCUT2D eigenvalue weighted by Crippen LogP contribution is 2.38. The van der Waals surface area contributed by atoms with Crippen LogP contribution in [0.25, 0.3) is 0 Å². The van der Waals surface area contributed by atoms with Gasteiger partial charge in [0.15, 0.2) is 5.03 Å². The van der Waals surface area contributed by atoms with Gasteiger partial charge in [-0.1, -0.05) is 89.5 Å². The minimum Gasteiger partial charge on any atom is -0.495 e. The second-order valence-electron chi connectivity index (χ2n) is 11.4. The van der Waals surface area contributed by atoms with Crippen LogP contribution in [0, 0.1) is 11.8 Å². The average Bonchev–Trinajstić information content (AvgIpc) is 3.15. The maximum Gasteiger partial charge on any atom is 0.335 e. The first-order valence-corrected chi connectivity index (χ1v) is 16.3. The molecule has 0 bridgehead atoms. The Morgan fingerprint density at radius 1 is 0.846 bits per heavy atom. The molecule has 4 rings (SSSR count). The zero-order chi connectivity index (χ0) is 27.7. The van der Waals surface area contributed by atoms with Crippen molar-refractivity contribution in [2.24, 2.45) is 11.8 Å². The Hall–Kier alpha value is -2.61. The van der Waals surface area contributed by atoms with Crippen LogP contribution in [0.5, 0.6) is 5.75 Å². The van der Waals surface area contributed by atoms with Gasteiger partial charge in [0.1, 0.15) is 5.75 Å². The van der Waals surface area contributed by atoms with Gasteiger partial charge >= 0.3 is 5.97 Å². The topological polar surface area (TPSA) is 106 Å². The first kappa shape index (κ1) is 29.4. The van der Waals surface area contributed by atoms with Crippen LogP contribution in [0.2, 0.25) is 0 Å². The van der Waals surface area contributed by atoms with E-state index in [0.717, 1.165) is 30.2 Å². The summed E-state index contributed by atoms with van der Waals surface area (Å²) in [6, 6.07) is 7.49. The van der Waals surface area contributed by atoms with Gasteiger partial charge in [-0.3, -0.25) is 4.72 Å². The summed E-state index contributed by atoms with van der Waals surface area (Å²) < 4.78 is 33.7. The van der Waals surface area contributed by atoms with E-state index in [1.807, 2.05) is 6.07 Å². The number of carboxylic acid groups (broad SMARTS) is 1. The number of aromatic carboxylic acids is 1. The van der Waals surface area contributed by atoms with Crippen LogP contribution in [-0.2, 0) is 10.0 Å². The molecule has 214 valence electrons. The van der Waals surface area contributed by atoms with Crippen molar-refractivity contribution in [2.75, 3.05) is 11.8 Å². The van der Waals surface area contributed by atoms with Crippen LogP contribution < -0.4 is 9.46 Å². The molecule has 2 N–H and O–H groups in total. The molecule has 0 amide bonds. The highest BCUT2D eigenvalue weighted by atomic mass is 32.2. The summed E-state index contributed by atoms with van der Waals surface area (Å²) in [5, 5.41) is 9.12. The van der Waals surface area contributed by atoms with E-state index in [4.69, 9.17) is 4.74 Å². The molecular formula is C31H44N2O5S. The van der Waals surface area contributed by atoms with E-state index in [1.54, 1.807) is 12.3 Å². The van der Waals surface area contributed by atoms with Gasteiger partial charge < -0.3 is 9.84 Å². The number of anilines is 1. The molecule has 0 aliphatic heterocycles. The van der Waals surface area contributed by atoms with Gasteiger partial charge in [0.2, 0.25) is 0 Å². The van der Waals surface area contributed by atoms with Crippen LogP contribution in [0.4, 0.5) is 5.69 Å². The van der Waals surface area contributed by atoms with Crippen molar-refractivity contribution in [3.05, 3.63) is 47.7 Å². The van der Waals surface area contributed by atoms with Crippen LogP contribution in [0.1, 0.15) is 118 Å². The Kier molecular flexibility index (Phi) is 10.7. The van der Waals surface area contributed by atoms with Crippen molar-refractivity contribution < 1.29 is 23.1 Å². The molecule has 2 atom stereocenters. The Morgan fingerprint density at radius 3 is 2.05 bits per heavy atom. The SMILES string of the molecule is COc1cc(C(=O)O)ccc1NS(=O)(=O)c1ccc(C2CCCCC(C3CCCCCCCC3)CCC2)cn1. The summed E-state index contributed by atoms with van der Waals surface area (Å²) in [5.41, 5.74) is 1.29. The monoisotopic (exact) mass is 556 g/mol. The van der Waals surface area contributed by atoms with E-state index in [1.165, 1.54) is 109 Å². The number of hydrogen-bond acceptors (Lipinski definition) is 5. The van der Waals surface area contributed by atoms with Crippen LogP contribution in [0.15, 0.2) is 41.6 Å². The van der Waals surface area contributed by atoms with Crippen molar-refractivity contribution in [2.45, 2.75) is 107 Å². The Bertz CT molecular complexity index is 1170. The number of nitrogens with zero attached hydrogens (tertiary/aromatic N) is 1. The third kappa shape index (κ3) is 8.19. The van der Waals surface area contributed by atoms with Crippen LogP contribution in [-0.4, -0.2) is 31.6 Å². The molecule has 2 aliphatic rings. The molecule has 2 aliphatic carbocycles. The predicted molar refractivity (Wildman–Crippen MR) is 154 cm³/mol. The van der Waals surface area contributed by atoms with Crippen molar-refractivity contribution in [3.63, 3.8) is 0 Å². The molecule has 39 heavy (non-hydrogen) atoms. The minimum atomic E-state index is -3.96. The summed E-state index contributed by atoms with van der Waals surface area (Å²) in [7, 11) is -2.60. The summed E-state index contributed by atoms with van der Waals surface area (Å²) in [5.74, 6) is 1.19. The van der Waals surface area contributed by atoms with E-state index in [2.05, 4.69) is 9.71 Å². The van der Waals surface area contributed by atoms with Crippen molar-refractivity contribution in [1.29, 1.82) is 0 Å². The van der Waals surface area contributed by atoms with Crippen molar-refractivity contribution in [1.82, 2.24) is 4.98 Å². The van der Waals surface area contributed by atoms with E-state index >= 15 is 0 Å². The lowest BCUT2D eigenvalue weighted by Crippen LogP contribution is -2.16. The lowest BCUT2D eigenvalue weighted by molar-refractivity contribution is 0.0696. The number of ether oxygens (including phenoxy) is 1. The summed E-state index contributed by atoms with van der Waals surface area (Å²) in [4.78, 5) is 15.6. The van der Waals surface area contributed by atoms with Crippen LogP contribution in [0.3, 0.4) is 0 Å². The average molecular weight is 557 g/mol. The lowest BCUT2D eigenvalue weighted by Gasteiger charge is -2.27. The van der Waals surface area contributed by atoms with E-state index < -0.39 is 16.0 Å². The molecule has 2 saturated carbocycles. The van der Waals surface area contributed by atoms with Gasteiger partial charge in [-0.05, 0) is 60.4 Å². The summed E-state index contributed by atoms with van der Waals surface area (Å²) >= 11 is 0. The molecule has 2 aromatic rings. The standard InChI is InChI=1S/C31H44N2O5S/c1-38-29-21-26(31(34)35)17-19-28(29)33-39(36,37)30-20-18-27(22-32-30)25-14-9-8-13-24(15-10-16-25)23-11-6-4-2-3-5-7-12-23/h17-25,33H,2-16H2,1H3,(H,34,35). The summed E-state index contributed by atoms with van der Waals surface area (Å²) in [6.07, 6.45) is 21.6. The second-order valence-corrected chi connectivity index (χ2v) is 13.0. The van der Waals surface area contributed by atoms with E-state index in [-0.39, 0.29) is 22.0 Å². The lowest BCUT2D eigenvalue weighted by atomic mass is 9.79. The zero-order valence-corrected chi connectivity index (χ0v) is 24.1. The van der Waals surface area contributed by atoms with E-state index in [0.29, 0.717) is 5.92 Å². The molecule has 2 unspecified atom stereocenters. The number of aromatic nitrogens is 1. The fourth-order valence-corrected chi connectivity index (χ4v) is 7.55. The number of methoxy groups -OCH3 is 1. The Morgan fingerprint density at radius 2 is 1.44 bits per heavy atom. The van der Waals surface area contributed by atoms with Crippen molar-refractivity contribution >= 4 is 21.7 Å². The van der Waals surface area contributed by atoms with E-state index in [9.17, 15) is 18.3 Å². The molecule has 1 aromatic heterocycles. The quantitative estimate of drug-likeness (QED) is 0.361. The number of pyridine rings is 1. The Balaban J connectivity index is 1.39. The number of rotatable bonds is 7. The number of carbonyl (C=O) groups is 1. The molecule has 0 radical (unpaired) electrons. The number of carboxylic acids is 1. The number of benzene rings is 1. The highest BCUT2D eigenvalue weighted by molar-refractivity contribution is 7.92. The smallest absolute Gasteiger partial charge is 0.335 e. The van der Waals surface area contributed by atoms with Gasteiger partial charge in [0, 0.05) is 6.20 Å². The zero-order valence-electron chi connectivity index (χ0n) is 23.2. The molecule has 8 heteroatoms. The molecule has 0 saturated heterocycles. The van der Waals surface area contributed by atoms with Gasteiger partial charge in [0.05, 0.1) is 18.4 Å². The first-order chi connectivity index (χ1) is 18.9. The number of hydrogen-bond donors (Lipinski definition) is 2. The Labute approximate surface area is 233 Å². The molecule has 7 nitrogen and oxygen atoms in total. The van der Waals surface area contributed by atoms with Crippen LogP contribution >= 0.6 is 0 Å².